The first-order valence-electron chi connectivity index (χ1n) is 7.28. The highest BCUT2D eigenvalue weighted by molar-refractivity contribution is 5.80. The van der Waals surface area contributed by atoms with Crippen molar-refractivity contribution in [2.45, 2.75) is 33.0 Å². The Kier molecular flexibility index (Phi) is 3.75. The van der Waals surface area contributed by atoms with E-state index in [2.05, 4.69) is 64.5 Å². The summed E-state index contributed by atoms with van der Waals surface area (Å²) in [6.07, 6.45) is 4.06. The lowest BCUT2D eigenvalue weighted by atomic mass is 10.1. The van der Waals surface area contributed by atoms with Crippen molar-refractivity contribution in [3.63, 3.8) is 0 Å². The predicted octanol–water partition coefficient (Wildman–Crippen LogP) is 2.32. The average molecular weight is 283 g/mol. The molecule has 3 aromatic rings. The second kappa shape index (κ2) is 5.69. The van der Waals surface area contributed by atoms with Gasteiger partial charge in [0.1, 0.15) is 5.69 Å². The van der Waals surface area contributed by atoms with E-state index in [-0.39, 0.29) is 0 Å². The lowest BCUT2D eigenvalue weighted by molar-refractivity contribution is 0.589. The SMILES string of the molecule is CC(C)NCc1ccc2ccn(Cc3cn(C)nn3)c2c1. The van der Waals surface area contributed by atoms with Gasteiger partial charge in [0.05, 0.1) is 6.54 Å². The Hall–Kier alpha value is -2.14. The summed E-state index contributed by atoms with van der Waals surface area (Å²) in [5.74, 6) is 0. The summed E-state index contributed by atoms with van der Waals surface area (Å²) in [6, 6.07) is 9.25. The molecule has 0 radical (unpaired) electrons. The molecule has 21 heavy (non-hydrogen) atoms. The van der Waals surface area contributed by atoms with Gasteiger partial charge in [-0.3, -0.25) is 4.68 Å². The minimum Gasteiger partial charge on any atom is -0.341 e. The zero-order valence-corrected chi connectivity index (χ0v) is 12.7. The van der Waals surface area contributed by atoms with Crippen LogP contribution in [0.2, 0.25) is 0 Å². The molecule has 1 aromatic carbocycles. The summed E-state index contributed by atoms with van der Waals surface area (Å²) in [5.41, 5.74) is 3.51. The Bertz CT molecular complexity index is 738. The van der Waals surface area contributed by atoms with Gasteiger partial charge in [0.2, 0.25) is 0 Å². The van der Waals surface area contributed by atoms with Crippen LogP contribution in [-0.4, -0.2) is 25.6 Å². The summed E-state index contributed by atoms with van der Waals surface area (Å²) >= 11 is 0. The normalized spacial score (nSPS) is 11.6. The summed E-state index contributed by atoms with van der Waals surface area (Å²) in [4.78, 5) is 0. The fourth-order valence-corrected chi connectivity index (χ4v) is 2.44. The van der Waals surface area contributed by atoms with Crippen LogP contribution in [0.5, 0.6) is 0 Å². The summed E-state index contributed by atoms with van der Waals surface area (Å²) in [5, 5.41) is 12.9. The molecule has 0 aliphatic rings. The summed E-state index contributed by atoms with van der Waals surface area (Å²) in [6.45, 7) is 5.97. The van der Waals surface area contributed by atoms with Crippen LogP contribution >= 0.6 is 0 Å². The van der Waals surface area contributed by atoms with Crippen LogP contribution in [0.4, 0.5) is 0 Å². The molecule has 0 fully saturated rings. The maximum Gasteiger partial charge on any atom is 0.102 e. The van der Waals surface area contributed by atoms with E-state index in [0.29, 0.717) is 6.04 Å². The largest absolute Gasteiger partial charge is 0.341 e. The maximum atomic E-state index is 4.16. The zero-order chi connectivity index (χ0) is 14.8. The standard InChI is InChI=1S/C16H21N5/c1-12(2)17-9-13-4-5-14-6-7-21(16(14)8-13)11-15-10-20(3)19-18-15/h4-8,10,12,17H,9,11H2,1-3H3. The zero-order valence-electron chi connectivity index (χ0n) is 12.7. The van der Waals surface area contributed by atoms with Crippen LogP contribution in [0.3, 0.4) is 0 Å². The van der Waals surface area contributed by atoms with Crippen LogP contribution in [0.1, 0.15) is 25.1 Å². The number of nitrogens with zero attached hydrogens (tertiary/aromatic N) is 4. The molecule has 0 unspecified atom stereocenters. The molecule has 0 aliphatic carbocycles. The van der Waals surface area contributed by atoms with Gasteiger partial charge in [-0.15, -0.1) is 5.10 Å². The highest BCUT2D eigenvalue weighted by Crippen LogP contribution is 2.18. The van der Waals surface area contributed by atoms with Gasteiger partial charge in [-0.2, -0.15) is 0 Å². The minimum absolute atomic E-state index is 0.493. The molecule has 2 heterocycles. The number of hydrogen-bond acceptors (Lipinski definition) is 3. The number of fused-ring (bicyclic) bond motifs is 1. The topological polar surface area (TPSA) is 47.7 Å². The first-order valence-corrected chi connectivity index (χ1v) is 7.28. The fraction of sp³-hybridized carbons (Fsp3) is 0.375. The van der Waals surface area contributed by atoms with Gasteiger partial charge in [0, 0.05) is 37.5 Å². The lowest BCUT2D eigenvalue weighted by Gasteiger charge is -2.09. The molecule has 1 N–H and O–H groups in total. The maximum absolute atomic E-state index is 4.16. The predicted molar refractivity (Wildman–Crippen MR) is 84.0 cm³/mol. The lowest BCUT2D eigenvalue weighted by Crippen LogP contribution is -2.21. The van der Waals surface area contributed by atoms with Gasteiger partial charge < -0.3 is 9.88 Å². The van der Waals surface area contributed by atoms with Gasteiger partial charge >= 0.3 is 0 Å². The van der Waals surface area contributed by atoms with Gasteiger partial charge in [-0.25, -0.2) is 0 Å². The van der Waals surface area contributed by atoms with E-state index >= 15 is 0 Å². The molecule has 0 amide bonds. The molecule has 0 spiro atoms. The van der Waals surface area contributed by atoms with Crippen molar-refractivity contribution in [2.24, 2.45) is 7.05 Å². The Morgan fingerprint density at radius 1 is 1.24 bits per heavy atom. The Morgan fingerprint density at radius 3 is 2.81 bits per heavy atom. The van der Waals surface area contributed by atoms with Crippen molar-refractivity contribution in [1.29, 1.82) is 0 Å². The van der Waals surface area contributed by atoms with Crippen LogP contribution < -0.4 is 5.32 Å². The summed E-state index contributed by atoms with van der Waals surface area (Å²) < 4.78 is 3.96. The highest BCUT2D eigenvalue weighted by Gasteiger charge is 2.06. The number of aromatic nitrogens is 4. The Morgan fingerprint density at radius 2 is 2.10 bits per heavy atom. The van der Waals surface area contributed by atoms with Crippen molar-refractivity contribution >= 4 is 10.9 Å². The highest BCUT2D eigenvalue weighted by atomic mass is 15.4. The van der Waals surface area contributed by atoms with Gasteiger partial charge in [0.15, 0.2) is 0 Å². The molecule has 0 aliphatic heterocycles. The van der Waals surface area contributed by atoms with E-state index in [1.54, 1.807) is 4.68 Å². The third-order valence-corrected chi connectivity index (χ3v) is 3.54. The van der Waals surface area contributed by atoms with Crippen molar-refractivity contribution in [2.75, 3.05) is 0 Å². The average Bonchev–Trinajstić information content (AvgIpc) is 3.04. The van der Waals surface area contributed by atoms with Crippen molar-refractivity contribution < 1.29 is 0 Å². The molecule has 5 heteroatoms. The molecule has 110 valence electrons. The number of hydrogen-bond donors (Lipinski definition) is 1. The second-order valence-electron chi connectivity index (χ2n) is 5.76. The van der Waals surface area contributed by atoms with Gasteiger partial charge in [-0.05, 0) is 23.1 Å². The van der Waals surface area contributed by atoms with E-state index < -0.39 is 0 Å². The Balaban J connectivity index is 1.86. The molecule has 0 saturated heterocycles. The number of nitrogens with one attached hydrogen (secondary N) is 1. The van der Waals surface area contributed by atoms with Crippen molar-refractivity contribution in [3.8, 4) is 0 Å². The number of rotatable bonds is 5. The molecule has 0 atom stereocenters. The summed E-state index contributed by atoms with van der Waals surface area (Å²) in [7, 11) is 1.89. The second-order valence-corrected chi connectivity index (χ2v) is 5.76. The van der Waals surface area contributed by atoms with Crippen LogP contribution in [-0.2, 0) is 20.1 Å². The third kappa shape index (κ3) is 3.13. The molecular weight excluding hydrogens is 262 g/mol. The third-order valence-electron chi connectivity index (χ3n) is 3.54. The van der Waals surface area contributed by atoms with Crippen molar-refractivity contribution in [1.82, 2.24) is 24.9 Å². The van der Waals surface area contributed by atoms with E-state index in [1.807, 2.05) is 13.2 Å². The first kappa shape index (κ1) is 13.8. The Labute approximate surface area is 124 Å². The van der Waals surface area contributed by atoms with Gasteiger partial charge in [0.25, 0.3) is 0 Å². The van der Waals surface area contributed by atoms with Crippen LogP contribution in [0.15, 0.2) is 36.7 Å². The molecule has 3 rings (SSSR count). The van der Waals surface area contributed by atoms with Gasteiger partial charge in [-0.1, -0.05) is 31.2 Å². The number of benzene rings is 1. The molecule has 5 nitrogen and oxygen atoms in total. The van der Waals surface area contributed by atoms with Crippen LogP contribution in [0.25, 0.3) is 10.9 Å². The molecular formula is C16H21N5. The van der Waals surface area contributed by atoms with E-state index in [4.69, 9.17) is 0 Å². The molecule has 0 saturated carbocycles. The van der Waals surface area contributed by atoms with E-state index in [1.165, 1.54) is 16.5 Å². The van der Waals surface area contributed by atoms with E-state index in [9.17, 15) is 0 Å². The van der Waals surface area contributed by atoms with E-state index in [0.717, 1.165) is 18.8 Å². The monoisotopic (exact) mass is 283 g/mol. The number of aryl methyl sites for hydroxylation is 1. The minimum atomic E-state index is 0.493. The quantitative estimate of drug-likeness (QED) is 0.781. The fourth-order valence-electron chi connectivity index (χ4n) is 2.44. The molecule has 2 aromatic heterocycles. The van der Waals surface area contributed by atoms with Crippen LogP contribution in [0, 0.1) is 0 Å². The smallest absolute Gasteiger partial charge is 0.102 e. The molecule has 0 bridgehead atoms. The van der Waals surface area contributed by atoms with Crippen molar-refractivity contribution in [3.05, 3.63) is 47.9 Å². The first-order chi connectivity index (χ1) is 10.1.